The maximum absolute atomic E-state index is 12.3. The number of benzene rings is 2. The van der Waals surface area contributed by atoms with Crippen LogP contribution in [0, 0.1) is 0 Å². The van der Waals surface area contributed by atoms with Crippen molar-refractivity contribution in [3.8, 4) is 23.0 Å². The summed E-state index contributed by atoms with van der Waals surface area (Å²) in [7, 11) is 2.89. The maximum atomic E-state index is 12.3. The van der Waals surface area contributed by atoms with Crippen LogP contribution in [0.25, 0.3) is 0 Å². The zero-order valence-corrected chi connectivity index (χ0v) is 15.0. The number of methoxy groups -OCH3 is 2. The molecule has 0 fully saturated rings. The van der Waals surface area contributed by atoms with E-state index in [0.717, 1.165) is 5.56 Å². The lowest BCUT2D eigenvalue weighted by molar-refractivity contribution is -0.123. The van der Waals surface area contributed by atoms with Gasteiger partial charge in [-0.1, -0.05) is 18.2 Å². The summed E-state index contributed by atoms with van der Waals surface area (Å²) in [5, 5.41) is 2.73. The Bertz CT molecular complexity index is 755. The lowest BCUT2D eigenvalue weighted by Gasteiger charge is -2.12. The third-order valence-corrected chi connectivity index (χ3v) is 3.61. The molecule has 0 saturated heterocycles. The van der Waals surface area contributed by atoms with Crippen LogP contribution >= 0.6 is 0 Å². The molecule has 2 rings (SSSR count). The first-order valence-electron chi connectivity index (χ1n) is 8.17. The molecule has 0 saturated carbocycles. The largest absolute Gasteiger partial charge is 0.493 e. The molecular weight excluding hydrogens is 360 g/mol. The van der Waals surface area contributed by atoms with Gasteiger partial charge in [-0.05, 0) is 36.2 Å². The van der Waals surface area contributed by atoms with Crippen LogP contribution in [-0.4, -0.2) is 39.9 Å². The number of carbonyl (C=O) groups excluding carboxylic acids is 1. The Kier molecular flexibility index (Phi) is 7.66. The molecule has 0 unspecified atom stereocenters. The molecular formula is C19H21F2NO5. The van der Waals surface area contributed by atoms with Crippen molar-refractivity contribution in [2.24, 2.45) is 0 Å². The summed E-state index contributed by atoms with van der Waals surface area (Å²) in [6.45, 7) is -2.72. The molecule has 0 heterocycles. The van der Waals surface area contributed by atoms with Crippen molar-refractivity contribution in [1.82, 2.24) is 5.32 Å². The minimum absolute atomic E-state index is 0.0366. The van der Waals surface area contributed by atoms with Gasteiger partial charge in [-0.15, -0.1) is 0 Å². The molecule has 8 heteroatoms. The van der Waals surface area contributed by atoms with Crippen LogP contribution in [-0.2, 0) is 11.2 Å². The molecule has 0 aliphatic heterocycles. The number of rotatable bonds is 10. The number of hydrogen-bond donors (Lipinski definition) is 1. The molecule has 0 spiro atoms. The Hall–Kier alpha value is -3.03. The summed E-state index contributed by atoms with van der Waals surface area (Å²) in [6, 6.07) is 11.7. The Labute approximate surface area is 156 Å². The van der Waals surface area contributed by atoms with Crippen molar-refractivity contribution in [1.29, 1.82) is 0 Å². The van der Waals surface area contributed by atoms with E-state index in [1.807, 2.05) is 0 Å². The average Bonchev–Trinajstić information content (AvgIpc) is 2.67. The average molecular weight is 381 g/mol. The van der Waals surface area contributed by atoms with Gasteiger partial charge in [0.25, 0.3) is 5.91 Å². The van der Waals surface area contributed by atoms with Crippen LogP contribution in [0.1, 0.15) is 5.56 Å². The van der Waals surface area contributed by atoms with Gasteiger partial charge >= 0.3 is 6.61 Å². The van der Waals surface area contributed by atoms with E-state index in [2.05, 4.69) is 10.1 Å². The van der Waals surface area contributed by atoms with E-state index in [-0.39, 0.29) is 24.0 Å². The predicted octanol–water partition coefficient (Wildman–Crippen LogP) is 3.04. The number of carbonyl (C=O) groups is 1. The van der Waals surface area contributed by atoms with Gasteiger partial charge < -0.3 is 24.3 Å². The molecule has 0 aliphatic rings. The van der Waals surface area contributed by atoms with E-state index >= 15 is 0 Å². The van der Waals surface area contributed by atoms with E-state index < -0.39 is 6.61 Å². The minimum atomic E-state index is -2.92. The molecule has 2 aromatic rings. The first kappa shape index (κ1) is 20.3. The van der Waals surface area contributed by atoms with Crippen LogP contribution in [0.15, 0.2) is 42.5 Å². The van der Waals surface area contributed by atoms with E-state index in [9.17, 15) is 13.6 Å². The molecule has 0 aromatic heterocycles. The molecule has 2 aromatic carbocycles. The predicted molar refractivity (Wildman–Crippen MR) is 94.8 cm³/mol. The summed E-state index contributed by atoms with van der Waals surface area (Å²) < 4.78 is 44.7. The second-order valence-corrected chi connectivity index (χ2v) is 5.40. The summed E-state index contributed by atoms with van der Waals surface area (Å²) in [4.78, 5) is 11.9. The Balaban J connectivity index is 1.80. The first-order valence-corrected chi connectivity index (χ1v) is 8.17. The SMILES string of the molecule is COc1ccccc1OCC(=O)NCCc1ccc(OC(F)F)c(OC)c1. The number of amides is 1. The highest BCUT2D eigenvalue weighted by atomic mass is 19.3. The van der Waals surface area contributed by atoms with Gasteiger partial charge in [0.1, 0.15) is 0 Å². The number of hydrogen-bond acceptors (Lipinski definition) is 5. The molecule has 27 heavy (non-hydrogen) atoms. The molecule has 146 valence electrons. The van der Waals surface area contributed by atoms with E-state index in [0.29, 0.717) is 24.5 Å². The van der Waals surface area contributed by atoms with Crippen molar-refractivity contribution in [2.45, 2.75) is 13.0 Å². The molecule has 6 nitrogen and oxygen atoms in total. The lowest BCUT2D eigenvalue weighted by atomic mass is 10.1. The summed E-state index contributed by atoms with van der Waals surface area (Å²) in [6.07, 6.45) is 0.492. The van der Waals surface area contributed by atoms with Gasteiger partial charge in [-0.25, -0.2) is 0 Å². The van der Waals surface area contributed by atoms with Crippen molar-refractivity contribution >= 4 is 5.91 Å². The highest BCUT2D eigenvalue weighted by Crippen LogP contribution is 2.29. The zero-order valence-electron chi connectivity index (χ0n) is 15.0. The molecule has 1 N–H and O–H groups in total. The highest BCUT2D eigenvalue weighted by molar-refractivity contribution is 5.77. The van der Waals surface area contributed by atoms with Gasteiger partial charge in [0.2, 0.25) is 0 Å². The van der Waals surface area contributed by atoms with Crippen molar-refractivity contribution in [3.63, 3.8) is 0 Å². The van der Waals surface area contributed by atoms with Gasteiger partial charge in [-0.2, -0.15) is 8.78 Å². The minimum Gasteiger partial charge on any atom is -0.493 e. The fourth-order valence-electron chi connectivity index (χ4n) is 2.34. The third kappa shape index (κ3) is 6.32. The van der Waals surface area contributed by atoms with Crippen molar-refractivity contribution < 1.29 is 32.5 Å². The topological polar surface area (TPSA) is 66.0 Å². The summed E-state index contributed by atoms with van der Waals surface area (Å²) in [5.74, 6) is 0.910. The summed E-state index contributed by atoms with van der Waals surface area (Å²) >= 11 is 0. The van der Waals surface area contributed by atoms with Crippen molar-refractivity contribution in [3.05, 3.63) is 48.0 Å². The molecule has 1 amide bonds. The molecule has 0 aliphatic carbocycles. The first-order chi connectivity index (χ1) is 13.0. The number of nitrogens with one attached hydrogen (secondary N) is 1. The summed E-state index contributed by atoms with van der Waals surface area (Å²) in [5.41, 5.74) is 0.805. The van der Waals surface area contributed by atoms with Crippen molar-refractivity contribution in [2.75, 3.05) is 27.4 Å². The van der Waals surface area contributed by atoms with Crippen LogP contribution in [0.2, 0.25) is 0 Å². The standard InChI is InChI=1S/C19H21F2NO5/c1-24-14-5-3-4-6-15(14)26-12-18(23)22-10-9-13-7-8-16(27-19(20)21)17(11-13)25-2/h3-8,11,19H,9-10,12H2,1-2H3,(H,22,23). The number of para-hydroxylation sites is 2. The Morgan fingerprint density at radius 2 is 1.70 bits per heavy atom. The number of alkyl halides is 2. The molecule has 0 atom stereocenters. The van der Waals surface area contributed by atoms with Gasteiger partial charge in [0.05, 0.1) is 14.2 Å². The maximum Gasteiger partial charge on any atom is 0.387 e. The zero-order chi connectivity index (χ0) is 19.6. The van der Waals surface area contributed by atoms with Gasteiger partial charge in [0.15, 0.2) is 29.6 Å². The quantitative estimate of drug-likeness (QED) is 0.685. The highest BCUT2D eigenvalue weighted by Gasteiger charge is 2.11. The Morgan fingerprint density at radius 3 is 2.37 bits per heavy atom. The van der Waals surface area contributed by atoms with E-state index in [1.165, 1.54) is 20.3 Å². The fourth-order valence-corrected chi connectivity index (χ4v) is 2.34. The fraction of sp³-hybridized carbons (Fsp3) is 0.316. The Morgan fingerprint density at radius 1 is 1.00 bits per heavy atom. The number of halogens is 2. The monoisotopic (exact) mass is 381 g/mol. The van der Waals surface area contributed by atoms with Crippen LogP contribution in [0.4, 0.5) is 8.78 Å². The van der Waals surface area contributed by atoms with Gasteiger partial charge in [-0.3, -0.25) is 4.79 Å². The van der Waals surface area contributed by atoms with Crippen LogP contribution in [0.3, 0.4) is 0 Å². The van der Waals surface area contributed by atoms with Crippen LogP contribution < -0.4 is 24.3 Å². The van der Waals surface area contributed by atoms with E-state index in [4.69, 9.17) is 14.2 Å². The second kappa shape index (κ2) is 10.2. The third-order valence-electron chi connectivity index (χ3n) is 3.61. The molecule has 0 bridgehead atoms. The van der Waals surface area contributed by atoms with Crippen LogP contribution in [0.5, 0.6) is 23.0 Å². The second-order valence-electron chi connectivity index (χ2n) is 5.40. The number of ether oxygens (including phenoxy) is 4. The lowest BCUT2D eigenvalue weighted by Crippen LogP contribution is -2.30. The normalized spacial score (nSPS) is 10.4. The smallest absolute Gasteiger partial charge is 0.387 e. The van der Waals surface area contributed by atoms with Gasteiger partial charge in [0, 0.05) is 6.54 Å². The van der Waals surface area contributed by atoms with E-state index in [1.54, 1.807) is 36.4 Å². The molecule has 0 radical (unpaired) electrons.